The van der Waals surface area contributed by atoms with Crippen LogP contribution in [0.4, 0.5) is 0 Å². The van der Waals surface area contributed by atoms with Crippen molar-refractivity contribution in [3.8, 4) is 0 Å². The first-order valence-corrected chi connectivity index (χ1v) is 4.83. The average molecular weight is 180 g/mol. The zero-order chi connectivity index (χ0) is 9.47. The van der Waals surface area contributed by atoms with E-state index in [-0.39, 0.29) is 0 Å². The molecule has 0 aliphatic heterocycles. The Balaban J connectivity index is 2.34. The summed E-state index contributed by atoms with van der Waals surface area (Å²) >= 11 is 0. The molecule has 0 spiro atoms. The maximum absolute atomic E-state index is 5.61. The van der Waals surface area contributed by atoms with Gasteiger partial charge in [0.1, 0.15) is 5.76 Å². The highest BCUT2D eigenvalue weighted by Crippen LogP contribution is 2.52. The van der Waals surface area contributed by atoms with Gasteiger partial charge in [-0.05, 0) is 39.7 Å². The van der Waals surface area contributed by atoms with Gasteiger partial charge in [-0.15, -0.1) is 0 Å². The number of hydrogen-bond donors (Lipinski definition) is 1. The lowest BCUT2D eigenvalue weighted by atomic mass is 9.91. The van der Waals surface area contributed by atoms with E-state index in [0.717, 1.165) is 24.4 Å². The van der Waals surface area contributed by atoms with Gasteiger partial charge in [0.2, 0.25) is 0 Å². The van der Waals surface area contributed by atoms with Crippen LogP contribution >= 0.6 is 0 Å². The molecule has 72 valence electrons. The van der Waals surface area contributed by atoms with E-state index in [1.165, 1.54) is 18.4 Å². The van der Waals surface area contributed by atoms with Crippen LogP contribution in [0.25, 0.3) is 0 Å². The summed E-state index contributed by atoms with van der Waals surface area (Å²) in [6.07, 6.45) is 3.55. The normalized spacial score (nSPS) is 19.0. The maximum atomic E-state index is 5.61. The summed E-state index contributed by atoms with van der Waals surface area (Å²) in [6.45, 7) is 4.76. The summed E-state index contributed by atoms with van der Waals surface area (Å²) in [7, 11) is 0. The van der Waals surface area contributed by atoms with E-state index in [4.69, 9.17) is 10.3 Å². The van der Waals surface area contributed by atoms with Crippen LogP contribution < -0.4 is 5.73 Å². The van der Waals surface area contributed by atoms with Gasteiger partial charge in [-0.1, -0.05) is 5.16 Å². The Morgan fingerprint density at radius 1 is 1.46 bits per heavy atom. The van der Waals surface area contributed by atoms with Crippen molar-refractivity contribution >= 4 is 0 Å². The lowest BCUT2D eigenvalue weighted by Crippen LogP contribution is -2.14. The molecule has 0 aromatic carbocycles. The Hall–Kier alpha value is -0.830. The molecule has 0 amide bonds. The molecular formula is C10H16N2O. The number of aromatic nitrogens is 1. The molecule has 0 unspecified atom stereocenters. The summed E-state index contributed by atoms with van der Waals surface area (Å²) in [6, 6.07) is 0. The SMILES string of the molecule is Cc1noc(C)c1C1(CCN)CC1. The van der Waals surface area contributed by atoms with Crippen LogP contribution in [0.1, 0.15) is 36.3 Å². The average Bonchev–Trinajstić information content (AvgIpc) is 2.76. The standard InChI is InChI=1S/C10H16N2O/c1-7-9(8(2)13-12-7)10(3-4-10)5-6-11/h3-6,11H2,1-2H3. The van der Waals surface area contributed by atoms with Crippen LogP contribution in [-0.2, 0) is 5.41 Å². The van der Waals surface area contributed by atoms with E-state index >= 15 is 0 Å². The van der Waals surface area contributed by atoms with E-state index in [9.17, 15) is 0 Å². The number of hydrogen-bond acceptors (Lipinski definition) is 3. The third-order valence-corrected chi connectivity index (χ3v) is 3.04. The fourth-order valence-corrected chi connectivity index (χ4v) is 2.29. The lowest BCUT2D eigenvalue weighted by molar-refractivity contribution is 0.390. The van der Waals surface area contributed by atoms with E-state index in [1.54, 1.807) is 0 Å². The van der Waals surface area contributed by atoms with Gasteiger partial charge in [0, 0.05) is 11.0 Å². The minimum absolute atomic E-state index is 0.322. The fraction of sp³-hybridized carbons (Fsp3) is 0.700. The molecule has 0 radical (unpaired) electrons. The zero-order valence-electron chi connectivity index (χ0n) is 8.26. The second kappa shape index (κ2) is 2.84. The third kappa shape index (κ3) is 1.27. The highest BCUT2D eigenvalue weighted by Gasteiger charge is 2.46. The van der Waals surface area contributed by atoms with Crippen molar-refractivity contribution in [3.63, 3.8) is 0 Å². The molecule has 1 fully saturated rings. The highest BCUT2D eigenvalue weighted by atomic mass is 16.5. The van der Waals surface area contributed by atoms with Crippen LogP contribution in [0.2, 0.25) is 0 Å². The van der Waals surface area contributed by atoms with Crippen molar-refractivity contribution < 1.29 is 4.52 Å². The van der Waals surface area contributed by atoms with E-state index in [0.29, 0.717) is 5.41 Å². The van der Waals surface area contributed by atoms with E-state index in [2.05, 4.69) is 5.16 Å². The van der Waals surface area contributed by atoms with Gasteiger partial charge in [-0.25, -0.2) is 0 Å². The van der Waals surface area contributed by atoms with Crippen LogP contribution in [-0.4, -0.2) is 11.7 Å². The smallest absolute Gasteiger partial charge is 0.137 e. The number of nitrogens with two attached hydrogens (primary N) is 1. The summed E-state index contributed by atoms with van der Waals surface area (Å²) < 4.78 is 5.18. The number of aryl methyl sites for hydroxylation is 2. The molecule has 1 aliphatic rings. The zero-order valence-corrected chi connectivity index (χ0v) is 8.26. The van der Waals surface area contributed by atoms with Gasteiger partial charge in [-0.2, -0.15) is 0 Å². The molecule has 1 aromatic rings. The third-order valence-electron chi connectivity index (χ3n) is 3.04. The largest absolute Gasteiger partial charge is 0.361 e. The maximum Gasteiger partial charge on any atom is 0.137 e. The predicted molar refractivity (Wildman–Crippen MR) is 50.6 cm³/mol. The molecule has 1 heterocycles. The van der Waals surface area contributed by atoms with Crippen LogP contribution in [0.15, 0.2) is 4.52 Å². The van der Waals surface area contributed by atoms with E-state index in [1.807, 2.05) is 13.8 Å². The van der Waals surface area contributed by atoms with Crippen molar-refractivity contribution in [3.05, 3.63) is 17.0 Å². The first kappa shape index (κ1) is 8.75. The second-order valence-electron chi connectivity index (χ2n) is 4.02. The van der Waals surface area contributed by atoms with Crippen LogP contribution in [0.3, 0.4) is 0 Å². The number of rotatable bonds is 3. The molecule has 3 nitrogen and oxygen atoms in total. The minimum Gasteiger partial charge on any atom is -0.361 e. The molecule has 0 saturated heterocycles. The molecule has 0 atom stereocenters. The number of nitrogens with zero attached hydrogens (tertiary/aromatic N) is 1. The van der Waals surface area contributed by atoms with E-state index < -0.39 is 0 Å². The van der Waals surface area contributed by atoms with Gasteiger partial charge in [0.05, 0.1) is 5.69 Å². The van der Waals surface area contributed by atoms with Gasteiger partial charge in [0.15, 0.2) is 0 Å². The van der Waals surface area contributed by atoms with Gasteiger partial charge in [0.25, 0.3) is 0 Å². The molecule has 2 rings (SSSR count). The summed E-state index contributed by atoms with van der Waals surface area (Å²) in [4.78, 5) is 0. The van der Waals surface area contributed by atoms with Gasteiger partial charge in [-0.3, -0.25) is 0 Å². The van der Waals surface area contributed by atoms with Gasteiger partial charge < -0.3 is 10.3 Å². The monoisotopic (exact) mass is 180 g/mol. The molecule has 0 bridgehead atoms. The quantitative estimate of drug-likeness (QED) is 0.769. The molecular weight excluding hydrogens is 164 g/mol. The minimum atomic E-state index is 0.322. The first-order chi connectivity index (χ1) is 6.19. The summed E-state index contributed by atoms with van der Waals surface area (Å²) in [5.41, 5.74) is 8.29. The van der Waals surface area contributed by atoms with Crippen molar-refractivity contribution in [2.75, 3.05) is 6.54 Å². The molecule has 1 saturated carbocycles. The molecule has 3 heteroatoms. The van der Waals surface area contributed by atoms with Crippen LogP contribution in [0, 0.1) is 13.8 Å². The summed E-state index contributed by atoms with van der Waals surface area (Å²) in [5, 5.41) is 3.99. The molecule has 13 heavy (non-hydrogen) atoms. The Kier molecular flexibility index (Phi) is 1.91. The predicted octanol–water partition coefficient (Wildman–Crippen LogP) is 1.67. The van der Waals surface area contributed by atoms with Crippen molar-refractivity contribution in [2.24, 2.45) is 5.73 Å². The van der Waals surface area contributed by atoms with Crippen molar-refractivity contribution in [1.29, 1.82) is 0 Å². The molecule has 1 aliphatic carbocycles. The summed E-state index contributed by atoms with van der Waals surface area (Å²) in [5.74, 6) is 0.975. The first-order valence-electron chi connectivity index (χ1n) is 4.83. The molecule has 1 aromatic heterocycles. The lowest BCUT2D eigenvalue weighted by Gasteiger charge is -2.12. The van der Waals surface area contributed by atoms with Crippen LogP contribution in [0.5, 0.6) is 0 Å². The van der Waals surface area contributed by atoms with Crippen molar-refractivity contribution in [1.82, 2.24) is 5.16 Å². The topological polar surface area (TPSA) is 52.0 Å². The highest BCUT2D eigenvalue weighted by molar-refractivity contribution is 5.36. The Labute approximate surface area is 78.3 Å². The second-order valence-corrected chi connectivity index (χ2v) is 4.02. The Morgan fingerprint density at radius 3 is 2.54 bits per heavy atom. The van der Waals surface area contributed by atoms with Crippen molar-refractivity contribution in [2.45, 2.75) is 38.5 Å². The Bertz CT molecular complexity index is 293. The fourth-order valence-electron chi connectivity index (χ4n) is 2.29. The Morgan fingerprint density at radius 2 is 2.15 bits per heavy atom. The van der Waals surface area contributed by atoms with Gasteiger partial charge >= 0.3 is 0 Å². The molecule has 2 N–H and O–H groups in total.